The molecule has 2 heterocycles. The molecule has 0 bridgehead atoms. The lowest BCUT2D eigenvalue weighted by molar-refractivity contribution is 0.0475. The van der Waals surface area contributed by atoms with Crippen LogP contribution in [-0.4, -0.2) is 21.6 Å². The van der Waals surface area contributed by atoms with Crippen molar-refractivity contribution in [3.8, 4) is 11.6 Å². The van der Waals surface area contributed by atoms with Crippen molar-refractivity contribution in [1.29, 1.82) is 0 Å². The van der Waals surface area contributed by atoms with Gasteiger partial charge in [0.25, 0.3) is 0 Å². The maximum Gasteiger partial charge on any atom is 0.226 e. The highest BCUT2D eigenvalue weighted by Gasteiger charge is 2.26. The summed E-state index contributed by atoms with van der Waals surface area (Å²) in [5.74, 6) is 1.16. The van der Waals surface area contributed by atoms with Crippen molar-refractivity contribution in [3.63, 3.8) is 0 Å². The molecule has 0 aliphatic carbocycles. The van der Waals surface area contributed by atoms with E-state index in [-0.39, 0.29) is 12.4 Å². The summed E-state index contributed by atoms with van der Waals surface area (Å²) in [4.78, 5) is 8.27. The fourth-order valence-corrected chi connectivity index (χ4v) is 2.03. The molecule has 3 aromatic rings. The van der Waals surface area contributed by atoms with Crippen LogP contribution in [0.15, 0.2) is 59.3 Å². The van der Waals surface area contributed by atoms with Crippen LogP contribution in [0.2, 0.25) is 0 Å². The number of aliphatic hydroxyl groups is 1. The molecule has 3 rings (SSSR count). The van der Waals surface area contributed by atoms with Crippen LogP contribution in [0.4, 0.5) is 10.3 Å². The minimum atomic E-state index is -1.21. The monoisotopic (exact) mass is 329 g/mol. The number of hydrogen-bond donors (Lipinski definition) is 2. The molecule has 0 aliphatic heterocycles. The van der Waals surface area contributed by atoms with E-state index in [2.05, 4.69) is 15.3 Å². The maximum atomic E-state index is 12.9. The molecule has 6 nitrogen and oxygen atoms in total. The number of aromatic nitrogens is 2. The lowest BCUT2D eigenvalue weighted by atomic mass is 10.0. The molecule has 0 saturated carbocycles. The molecule has 0 fully saturated rings. The average molecular weight is 329 g/mol. The van der Waals surface area contributed by atoms with Crippen molar-refractivity contribution in [2.24, 2.45) is 0 Å². The lowest BCUT2D eigenvalue weighted by Gasteiger charge is -2.21. The van der Waals surface area contributed by atoms with Gasteiger partial charge in [0.2, 0.25) is 11.8 Å². The molecule has 7 heteroatoms. The van der Waals surface area contributed by atoms with Crippen LogP contribution < -0.4 is 10.1 Å². The molecule has 24 heavy (non-hydrogen) atoms. The van der Waals surface area contributed by atoms with E-state index in [4.69, 9.17) is 9.15 Å². The largest absolute Gasteiger partial charge is 0.466 e. The number of nitrogens with zero attached hydrogens (tertiary/aromatic N) is 2. The van der Waals surface area contributed by atoms with Crippen molar-refractivity contribution in [2.45, 2.75) is 12.5 Å². The third-order valence-electron chi connectivity index (χ3n) is 3.31. The second-order valence-electron chi connectivity index (χ2n) is 5.38. The van der Waals surface area contributed by atoms with Crippen LogP contribution in [0.25, 0.3) is 0 Å². The van der Waals surface area contributed by atoms with Crippen LogP contribution in [0.1, 0.15) is 12.7 Å². The van der Waals surface area contributed by atoms with Gasteiger partial charge in [-0.3, -0.25) is 0 Å². The number of benzene rings is 1. The highest BCUT2D eigenvalue weighted by Crippen LogP contribution is 2.23. The smallest absolute Gasteiger partial charge is 0.226 e. The quantitative estimate of drug-likeness (QED) is 0.722. The van der Waals surface area contributed by atoms with E-state index >= 15 is 0 Å². The zero-order valence-corrected chi connectivity index (χ0v) is 12.9. The Morgan fingerprint density at radius 3 is 2.75 bits per heavy atom. The first-order chi connectivity index (χ1) is 11.5. The van der Waals surface area contributed by atoms with Gasteiger partial charge in [-0.2, -0.15) is 4.98 Å². The Hall–Kier alpha value is -2.93. The summed E-state index contributed by atoms with van der Waals surface area (Å²) in [6.45, 7) is 1.78. The highest BCUT2D eigenvalue weighted by atomic mass is 19.1. The fraction of sp³-hybridized carbons (Fsp3) is 0.176. The zero-order valence-electron chi connectivity index (χ0n) is 12.9. The third-order valence-corrected chi connectivity index (χ3v) is 3.31. The molecule has 0 amide bonds. The van der Waals surface area contributed by atoms with E-state index in [9.17, 15) is 9.50 Å². The minimum absolute atomic E-state index is 0.153. The molecule has 2 N–H and O–H groups in total. The molecule has 0 radical (unpaired) electrons. The molecular formula is C17H16FN3O3. The van der Waals surface area contributed by atoms with Gasteiger partial charge in [-0.1, -0.05) is 0 Å². The van der Waals surface area contributed by atoms with Crippen LogP contribution in [0, 0.1) is 5.82 Å². The molecule has 1 atom stereocenters. The first kappa shape index (κ1) is 15.9. The number of furan rings is 1. The molecule has 1 unspecified atom stereocenters. The first-order valence-corrected chi connectivity index (χ1v) is 7.30. The average Bonchev–Trinajstić information content (AvgIpc) is 3.11. The molecule has 0 spiro atoms. The maximum absolute atomic E-state index is 12.9. The summed E-state index contributed by atoms with van der Waals surface area (Å²) in [5, 5.41) is 13.3. The van der Waals surface area contributed by atoms with Gasteiger partial charge < -0.3 is 19.6 Å². The van der Waals surface area contributed by atoms with E-state index < -0.39 is 5.60 Å². The van der Waals surface area contributed by atoms with Crippen molar-refractivity contribution < 1.29 is 18.7 Å². The van der Waals surface area contributed by atoms with Crippen LogP contribution in [-0.2, 0) is 5.60 Å². The zero-order chi connectivity index (χ0) is 17.0. The topological polar surface area (TPSA) is 80.4 Å². The number of nitrogens with one attached hydrogen (secondary N) is 1. The summed E-state index contributed by atoms with van der Waals surface area (Å²) in [5.41, 5.74) is -1.21. The lowest BCUT2D eigenvalue weighted by Crippen LogP contribution is -2.30. The number of halogens is 1. The minimum Gasteiger partial charge on any atom is -0.466 e. The van der Waals surface area contributed by atoms with E-state index in [1.165, 1.54) is 36.7 Å². The summed E-state index contributed by atoms with van der Waals surface area (Å²) in [7, 11) is 0. The Kier molecular flexibility index (Phi) is 4.43. The van der Waals surface area contributed by atoms with Gasteiger partial charge >= 0.3 is 0 Å². The molecule has 124 valence electrons. The van der Waals surface area contributed by atoms with Crippen LogP contribution in [0.5, 0.6) is 11.6 Å². The second kappa shape index (κ2) is 6.67. The fourth-order valence-electron chi connectivity index (χ4n) is 2.03. The van der Waals surface area contributed by atoms with Crippen molar-refractivity contribution >= 4 is 5.95 Å². The molecule has 0 aliphatic rings. The number of ether oxygens (including phenoxy) is 1. The van der Waals surface area contributed by atoms with E-state index in [1.807, 2.05) is 0 Å². The van der Waals surface area contributed by atoms with Crippen molar-refractivity contribution in [1.82, 2.24) is 9.97 Å². The Balaban J connectivity index is 1.66. The molecule has 0 saturated heterocycles. The second-order valence-corrected chi connectivity index (χ2v) is 5.38. The normalized spacial score (nSPS) is 13.3. The Labute approximate surface area is 137 Å². The number of anilines is 1. The first-order valence-electron chi connectivity index (χ1n) is 7.30. The van der Waals surface area contributed by atoms with Crippen molar-refractivity contribution in [3.05, 3.63) is 66.5 Å². The van der Waals surface area contributed by atoms with Gasteiger partial charge in [0.05, 0.1) is 12.8 Å². The summed E-state index contributed by atoms with van der Waals surface area (Å²) in [6, 6.07) is 10.6. The Bertz CT molecular complexity index is 789. The van der Waals surface area contributed by atoms with Crippen LogP contribution in [0.3, 0.4) is 0 Å². The molecule has 2 aromatic heterocycles. The number of hydrogen-bond acceptors (Lipinski definition) is 6. The van der Waals surface area contributed by atoms with E-state index in [0.717, 1.165) is 0 Å². The van der Waals surface area contributed by atoms with E-state index in [0.29, 0.717) is 23.3 Å². The van der Waals surface area contributed by atoms with E-state index in [1.54, 1.807) is 25.1 Å². The van der Waals surface area contributed by atoms with Gasteiger partial charge in [-0.25, -0.2) is 9.37 Å². The van der Waals surface area contributed by atoms with Crippen LogP contribution >= 0.6 is 0 Å². The Morgan fingerprint density at radius 2 is 2.04 bits per heavy atom. The third kappa shape index (κ3) is 3.88. The van der Waals surface area contributed by atoms with Gasteiger partial charge in [0, 0.05) is 12.3 Å². The summed E-state index contributed by atoms with van der Waals surface area (Å²) in [6.07, 6.45) is 3.02. The molecular weight excluding hydrogens is 313 g/mol. The van der Waals surface area contributed by atoms with Gasteiger partial charge in [0.15, 0.2) is 0 Å². The Morgan fingerprint density at radius 1 is 1.25 bits per heavy atom. The number of rotatable bonds is 6. The highest BCUT2D eigenvalue weighted by molar-refractivity contribution is 5.32. The van der Waals surface area contributed by atoms with Gasteiger partial charge in [0.1, 0.15) is 22.9 Å². The predicted octanol–water partition coefficient (Wildman–Crippen LogP) is 3.32. The predicted molar refractivity (Wildman–Crippen MR) is 85.3 cm³/mol. The summed E-state index contributed by atoms with van der Waals surface area (Å²) < 4.78 is 23.6. The molecule has 1 aromatic carbocycles. The van der Waals surface area contributed by atoms with Gasteiger partial charge in [-0.05, 0) is 43.3 Å². The summed E-state index contributed by atoms with van der Waals surface area (Å²) >= 11 is 0. The standard InChI is InChI=1S/C17H16FN3O3/c1-17(22,14-3-2-10-23-14)11-20-16-19-9-8-15(21-16)24-13-6-4-12(18)5-7-13/h2-10,22H,11H2,1H3,(H,19,20,21). The van der Waals surface area contributed by atoms with Gasteiger partial charge in [-0.15, -0.1) is 0 Å². The SMILES string of the molecule is CC(O)(CNc1nccc(Oc2ccc(F)cc2)n1)c1ccco1. The van der Waals surface area contributed by atoms with Crippen molar-refractivity contribution in [2.75, 3.05) is 11.9 Å².